The Balaban J connectivity index is 1.30. The topological polar surface area (TPSA) is 9.23 Å². The van der Waals surface area contributed by atoms with E-state index in [1.807, 2.05) is 30.3 Å². The highest BCUT2D eigenvalue weighted by molar-refractivity contribution is 6.47. The van der Waals surface area contributed by atoms with Crippen LogP contribution in [-0.2, 0) is 0 Å². The van der Waals surface area contributed by atoms with E-state index in [2.05, 4.69) is 152 Å². The predicted molar refractivity (Wildman–Crippen MR) is 235 cm³/mol. The molecule has 0 atom stereocenters. The molecule has 0 saturated heterocycles. The molecule has 0 bridgehead atoms. The van der Waals surface area contributed by atoms with E-state index in [0.717, 1.165) is 16.9 Å². The summed E-state index contributed by atoms with van der Waals surface area (Å²) < 4.78 is 6.57. The zero-order valence-corrected chi connectivity index (χ0v) is 29.7. The lowest BCUT2D eigenvalue weighted by atomic mass is 9.84. The first-order valence-corrected chi connectivity index (χ1v) is 19.1. The predicted octanol–water partition coefficient (Wildman–Crippen LogP) is 15.5. The van der Waals surface area contributed by atoms with Gasteiger partial charge < -0.3 is 4.74 Å². The summed E-state index contributed by atoms with van der Waals surface area (Å²) in [6, 6.07) is 66.9. The van der Waals surface area contributed by atoms with Gasteiger partial charge in [-0.25, -0.2) is 0 Å². The average Bonchev–Trinajstić information content (AvgIpc) is 3.75. The van der Waals surface area contributed by atoms with Crippen LogP contribution in [0.1, 0.15) is 0 Å². The molecule has 13 rings (SSSR count). The van der Waals surface area contributed by atoms with Crippen LogP contribution in [-0.4, -0.2) is 0 Å². The molecular weight excluding hydrogens is 665 g/mol. The first kappa shape index (κ1) is 29.3. The fourth-order valence-corrected chi connectivity index (χ4v) is 10.2. The highest BCUT2D eigenvalue weighted by Crippen LogP contribution is 2.56. The first-order valence-electron chi connectivity index (χ1n) is 19.1. The van der Waals surface area contributed by atoms with Crippen LogP contribution >= 0.6 is 0 Å². The molecule has 13 aromatic carbocycles. The van der Waals surface area contributed by atoms with Gasteiger partial charge in [0.05, 0.1) is 0 Å². The van der Waals surface area contributed by atoms with E-state index < -0.39 is 0 Å². The SMILES string of the molecule is c1ccc(Oc2ccc3cc4c5c(-c6ccccc6)c6cc7c8ccccc8c8cccc(c6c(-c6ccccc6)c5c5ccc6ccc2c3c6c45)c87)cc1. The Morgan fingerprint density at radius 1 is 0.255 bits per heavy atom. The van der Waals surface area contributed by atoms with Crippen molar-refractivity contribution in [1.29, 1.82) is 0 Å². The van der Waals surface area contributed by atoms with Crippen molar-refractivity contribution in [2.45, 2.75) is 0 Å². The number of para-hydroxylation sites is 1. The lowest BCUT2D eigenvalue weighted by Gasteiger charge is -2.19. The molecule has 0 aliphatic rings. The van der Waals surface area contributed by atoms with Crippen LogP contribution < -0.4 is 4.74 Å². The first-order chi connectivity index (χ1) is 27.3. The van der Waals surface area contributed by atoms with Crippen LogP contribution in [0.3, 0.4) is 0 Å². The number of fused-ring (bicyclic) bond motifs is 8. The molecule has 0 spiro atoms. The van der Waals surface area contributed by atoms with Crippen molar-refractivity contribution in [2.24, 2.45) is 0 Å². The molecule has 0 N–H and O–H groups in total. The van der Waals surface area contributed by atoms with Crippen LogP contribution in [0.2, 0.25) is 0 Å². The molecule has 0 saturated carbocycles. The molecule has 0 amide bonds. The second-order valence-electron chi connectivity index (χ2n) is 15.1. The normalized spacial score (nSPS) is 12.4. The Bertz CT molecular complexity index is 3640. The highest BCUT2D eigenvalue weighted by atomic mass is 16.5. The van der Waals surface area contributed by atoms with Crippen LogP contribution in [0.4, 0.5) is 0 Å². The van der Waals surface area contributed by atoms with Crippen LogP contribution in [0.25, 0.3) is 119 Å². The van der Waals surface area contributed by atoms with Gasteiger partial charge in [-0.1, -0.05) is 146 Å². The highest BCUT2D eigenvalue weighted by Gasteiger charge is 2.28. The molecule has 13 aromatic rings. The minimum absolute atomic E-state index is 0.841. The van der Waals surface area contributed by atoms with Crippen molar-refractivity contribution < 1.29 is 4.74 Å². The van der Waals surface area contributed by atoms with Crippen LogP contribution in [0, 0.1) is 0 Å². The lowest BCUT2D eigenvalue weighted by Crippen LogP contribution is -1.91. The quantitative estimate of drug-likeness (QED) is 0.167. The second-order valence-corrected chi connectivity index (χ2v) is 15.1. The fraction of sp³-hybridized carbons (Fsp3) is 0. The van der Waals surface area contributed by atoms with Gasteiger partial charge in [-0.2, -0.15) is 0 Å². The van der Waals surface area contributed by atoms with Crippen LogP contribution in [0.15, 0.2) is 182 Å². The summed E-state index contributed by atoms with van der Waals surface area (Å²) in [5.41, 5.74) is 5.08. The average molecular weight is 695 g/mol. The Kier molecular flexibility index (Phi) is 5.69. The van der Waals surface area contributed by atoms with Gasteiger partial charge in [0.15, 0.2) is 0 Å². The third-order valence-corrected chi connectivity index (χ3v) is 12.3. The zero-order chi connectivity index (χ0) is 35.8. The Morgan fingerprint density at radius 3 is 1.60 bits per heavy atom. The molecule has 252 valence electrons. The van der Waals surface area contributed by atoms with E-state index in [9.17, 15) is 0 Å². The van der Waals surface area contributed by atoms with Crippen molar-refractivity contribution in [1.82, 2.24) is 0 Å². The summed E-state index contributed by atoms with van der Waals surface area (Å²) >= 11 is 0. The van der Waals surface area contributed by atoms with E-state index in [-0.39, 0.29) is 0 Å². The monoisotopic (exact) mass is 694 g/mol. The maximum atomic E-state index is 6.57. The van der Waals surface area contributed by atoms with Crippen molar-refractivity contribution in [3.05, 3.63) is 182 Å². The standard InChI is InChI=1S/C54H30O/c1-4-13-31(14-5-1)46-44-30-42-37-20-11-10-19-36(37)38-21-12-22-40(50(38)42)51(44)49(32-15-6-2-7-16-32)53-41-27-24-33-23-26-39-45(55-35-17-8-3-9-18-35)28-25-34-29-43(54(46)53)52(41)48(33)47(34)39/h1-30H. The van der Waals surface area contributed by atoms with Crippen molar-refractivity contribution in [3.8, 4) is 33.8 Å². The summed E-state index contributed by atoms with van der Waals surface area (Å²) in [4.78, 5) is 0. The van der Waals surface area contributed by atoms with Gasteiger partial charge in [0, 0.05) is 10.8 Å². The van der Waals surface area contributed by atoms with Crippen molar-refractivity contribution in [2.75, 3.05) is 0 Å². The third kappa shape index (κ3) is 3.82. The number of ether oxygens (including phenoxy) is 1. The van der Waals surface area contributed by atoms with E-state index in [1.165, 1.54) is 114 Å². The molecule has 0 fully saturated rings. The number of rotatable bonds is 4. The molecule has 0 aliphatic carbocycles. The lowest BCUT2D eigenvalue weighted by molar-refractivity contribution is 0.488. The zero-order valence-electron chi connectivity index (χ0n) is 29.7. The van der Waals surface area contributed by atoms with Gasteiger partial charge in [0.2, 0.25) is 0 Å². The summed E-state index contributed by atoms with van der Waals surface area (Å²) in [5.74, 6) is 1.72. The van der Waals surface area contributed by atoms with Gasteiger partial charge in [-0.3, -0.25) is 0 Å². The molecule has 0 radical (unpaired) electrons. The van der Waals surface area contributed by atoms with Crippen molar-refractivity contribution in [3.63, 3.8) is 0 Å². The van der Waals surface area contributed by atoms with E-state index >= 15 is 0 Å². The summed E-state index contributed by atoms with van der Waals surface area (Å²) in [6.07, 6.45) is 0. The number of benzene rings is 11. The molecule has 0 aromatic heterocycles. The van der Waals surface area contributed by atoms with Crippen LogP contribution in [0.5, 0.6) is 11.5 Å². The molecule has 0 heterocycles. The van der Waals surface area contributed by atoms with Gasteiger partial charge in [-0.15, -0.1) is 0 Å². The van der Waals surface area contributed by atoms with E-state index in [1.54, 1.807) is 0 Å². The molecule has 1 nitrogen and oxygen atoms in total. The molecule has 1 heteroatoms. The van der Waals surface area contributed by atoms with Gasteiger partial charge >= 0.3 is 0 Å². The molecule has 55 heavy (non-hydrogen) atoms. The molecule has 0 aliphatic heterocycles. The maximum Gasteiger partial charge on any atom is 0.135 e. The Labute approximate surface area is 316 Å². The maximum absolute atomic E-state index is 6.57. The summed E-state index contributed by atoms with van der Waals surface area (Å²) in [6.45, 7) is 0. The van der Waals surface area contributed by atoms with Gasteiger partial charge in [-0.05, 0) is 145 Å². The Hall–Kier alpha value is -7.22. The van der Waals surface area contributed by atoms with Gasteiger partial charge in [0.25, 0.3) is 0 Å². The summed E-state index contributed by atoms with van der Waals surface area (Å²) in [7, 11) is 0. The number of hydrogen-bond acceptors (Lipinski definition) is 1. The fourth-order valence-electron chi connectivity index (χ4n) is 10.2. The minimum Gasteiger partial charge on any atom is -0.457 e. The Morgan fingerprint density at radius 2 is 0.836 bits per heavy atom. The number of hydrogen-bond donors (Lipinski definition) is 0. The van der Waals surface area contributed by atoms with E-state index in [4.69, 9.17) is 4.74 Å². The second kappa shape index (κ2) is 10.7. The summed E-state index contributed by atoms with van der Waals surface area (Å²) in [5, 5.41) is 23.3. The largest absolute Gasteiger partial charge is 0.457 e. The van der Waals surface area contributed by atoms with Gasteiger partial charge in [0.1, 0.15) is 11.5 Å². The third-order valence-electron chi connectivity index (χ3n) is 12.3. The minimum atomic E-state index is 0.841. The molecular formula is C54H30O. The van der Waals surface area contributed by atoms with E-state index in [0.29, 0.717) is 0 Å². The van der Waals surface area contributed by atoms with Crippen molar-refractivity contribution >= 4 is 97.0 Å². The smallest absolute Gasteiger partial charge is 0.135 e. The molecule has 0 unspecified atom stereocenters.